The van der Waals surface area contributed by atoms with Crippen molar-refractivity contribution in [3.63, 3.8) is 0 Å². The van der Waals surface area contributed by atoms with Gasteiger partial charge in [0, 0.05) is 32.0 Å². The molecule has 0 atom stereocenters. The second-order valence-corrected chi connectivity index (χ2v) is 5.21. The van der Waals surface area contributed by atoms with Crippen LogP contribution in [-0.2, 0) is 11.3 Å². The summed E-state index contributed by atoms with van der Waals surface area (Å²) in [6.07, 6.45) is 3.73. The van der Waals surface area contributed by atoms with Crippen LogP contribution in [0.3, 0.4) is 0 Å². The maximum Gasteiger partial charge on any atom is 0.0645 e. The number of likely N-dealkylation sites (N-methyl/N-ethyl adjacent to an activating group) is 1. The number of ether oxygens (including phenoxy) is 1. The third-order valence-electron chi connectivity index (χ3n) is 3.14. The molecule has 5 heteroatoms. The SMILES string of the molecule is CN(C)CCOCCNCc1ccc(-n2cccn2)cc1. The van der Waals surface area contributed by atoms with Crippen LogP contribution >= 0.6 is 0 Å². The molecule has 0 saturated heterocycles. The Morgan fingerprint density at radius 2 is 2.00 bits per heavy atom. The molecule has 21 heavy (non-hydrogen) atoms. The Labute approximate surface area is 126 Å². The first-order valence-electron chi connectivity index (χ1n) is 7.28. The lowest BCUT2D eigenvalue weighted by molar-refractivity contribution is 0.119. The van der Waals surface area contributed by atoms with E-state index in [4.69, 9.17) is 4.74 Å². The highest BCUT2D eigenvalue weighted by Gasteiger charge is 1.97. The maximum atomic E-state index is 5.53. The molecule has 0 amide bonds. The number of hydrogen-bond acceptors (Lipinski definition) is 4. The average molecular weight is 288 g/mol. The Kier molecular flexibility index (Phi) is 6.40. The van der Waals surface area contributed by atoms with Crippen molar-refractivity contribution < 1.29 is 4.74 Å². The molecule has 0 unspecified atom stereocenters. The van der Waals surface area contributed by atoms with E-state index >= 15 is 0 Å². The first-order valence-corrected chi connectivity index (χ1v) is 7.28. The number of aromatic nitrogens is 2. The predicted octanol–water partition coefficient (Wildman–Crippen LogP) is 1.54. The Balaban J connectivity index is 1.63. The van der Waals surface area contributed by atoms with E-state index in [0.29, 0.717) is 0 Å². The average Bonchev–Trinajstić information content (AvgIpc) is 3.01. The van der Waals surface area contributed by atoms with E-state index in [1.54, 1.807) is 6.20 Å². The molecule has 0 fully saturated rings. The molecule has 0 aliphatic carbocycles. The molecule has 114 valence electrons. The van der Waals surface area contributed by atoms with Crippen molar-refractivity contribution in [1.82, 2.24) is 20.0 Å². The normalized spacial score (nSPS) is 11.2. The predicted molar refractivity (Wildman–Crippen MR) is 84.6 cm³/mol. The van der Waals surface area contributed by atoms with Crippen LogP contribution in [0.15, 0.2) is 42.7 Å². The maximum absolute atomic E-state index is 5.53. The van der Waals surface area contributed by atoms with E-state index < -0.39 is 0 Å². The lowest BCUT2D eigenvalue weighted by Crippen LogP contribution is -2.23. The minimum Gasteiger partial charge on any atom is -0.379 e. The summed E-state index contributed by atoms with van der Waals surface area (Å²) < 4.78 is 7.39. The van der Waals surface area contributed by atoms with E-state index in [2.05, 4.69) is 53.7 Å². The van der Waals surface area contributed by atoms with Gasteiger partial charge in [-0.2, -0.15) is 5.10 Å². The number of benzene rings is 1. The standard InChI is InChI=1S/C16H24N4O/c1-19(2)11-13-21-12-9-17-14-15-4-6-16(7-5-15)20-10-3-8-18-20/h3-8,10,17H,9,11-14H2,1-2H3. The lowest BCUT2D eigenvalue weighted by Gasteiger charge is -2.10. The van der Waals surface area contributed by atoms with Gasteiger partial charge in [-0.1, -0.05) is 12.1 Å². The van der Waals surface area contributed by atoms with E-state index in [0.717, 1.165) is 38.5 Å². The number of rotatable bonds is 9. The fraction of sp³-hybridized carbons (Fsp3) is 0.438. The van der Waals surface area contributed by atoms with Crippen LogP contribution in [0.1, 0.15) is 5.56 Å². The van der Waals surface area contributed by atoms with Gasteiger partial charge in [-0.3, -0.25) is 0 Å². The first kappa shape index (κ1) is 15.7. The van der Waals surface area contributed by atoms with Crippen LogP contribution < -0.4 is 5.32 Å². The number of hydrogen-bond donors (Lipinski definition) is 1. The van der Waals surface area contributed by atoms with Gasteiger partial charge >= 0.3 is 0 Å². The summed E-state index contributed by atoms with van der Waals surface area (Å²) in [5.74, 6) is 0. The highest BCUT2D eigenvalue weighted by molar-refractivity contribution is 5.33. The summed E-state index contributed by atoms with van der Waals surface area (Å²) >= 11 is 0. The van der Waals surface area contributed by atoms with Gasteiger partial charge in [-0.15, -0.1) is 0 Å². The summed E-state index contributed by atoms with van der Waals surface area (Å²) in [5, 5.41) is 7.60. The molecule has 0 saturated carbocycles. The smallest absolute Gasteiger partial charge is 0.0645 e. The molecule has 0 radical (unpaired) electrons. The first-order chi connectivity index (χ1) is 10.3. The molecule has 5 nitrogen and oxygen atoms in total. The lowest BCUT2D eigenvalue weighted by atomic mass is 10.2. The van der Waals surface area contributed by atoms with Gasteiger partial charge in [0.2, 0.25) is 0 Å². The molecule has 0 spiro atoms. The van der Waals surface area contributed by atoms with Crippen molar-refractivity contribution in [2.24, 2.45) is 0 Å². The van der Waals surface area contributed by atoms with Gasteiger partial charge in [0.05, 0.1) is 18.9 Å². The summed E-state index contributed by atoms with van der Waals surface area (Å²) in [5.41, 5.74) is 2.34. The van der Waals surface area contributed by atoms with Crippen LogP contribution in [0.4, 0.5) is 0 Å². The fourth-order valence-electron chi connectivity index (χ4n) is 1.91. The highest BCUT2D eigenvalue weighted by Crippen LogP contribution is 2.08. The van der Waals surface area contributed by atoms with Gasteiger partial charge in [0.25, 0.3) is 0 Å². The molecule has 0 bridgehead atoms. The van der Waals surface area contributed by atoms with Gasteiger partial charge in [0.15, 0.2) is 0 Å². The fourth-order valence-corrected chi connectivity index (χ4v) is 1.91. The topological polar surface area (TPSA) is 42.3 Å². The zero-order valence-electron chi connectivity index (χ0n) is 12.8. The summed E-state index contributed by atoms with van der Waals surface area (Å²) in [4.78, 5) is 2.12. The van der Waals surface area contributed by atoms with Crippen LogP contribution in [0, 0.1) is 0 Å². The van der Waals surface area contributed by atoms with Crippen molar-refractivity contribution in [3.05, 3.63) is 48.3 Å². The third-order valence-corrected chi connectivity index (χ3v) is 3.14. The van der Waals surface area contributed by atoms with Crippen molar-refractivity contribution in [3.8, 4) is 5.69 Å². The molecular formula is C16H24N4O. The van der Waals surface area contributed by atoms with Crippen LogP contribution in [-0.4, -0.2) is 55.1 Å². The number of nitrogens with zero attached hydrogens (tertiary/aromatic N) is 3. The zero-order chi connectivity index (χ0) is 14.9. The van der Waals surface area contributed by atoms with Crippen LogP contribution in [0.2, 0.25) is 0 Å². The molecule has 2 aromatic rings. The third kappa shape index (κ3) is 5.67. The molecule has 2 rings (SSSR count). The van der Waals surface area contributed by atoms with Crippen molar-refractivity contribution in [2.75, 3.05) is 40.4 Å². The van der Waals surface area contributed by atoms with Gasteiger partial charge < -0.3 is 15.0 Å². The van der Waals surface area contributed by atoms with E-state index in [-0.39, 0.29) is 0 Å². The molecule has 1 N–H and O–H groups in total. The van der Waals surface area contributed by atoms with E-state index in [1.165, 1.54) is 5.56 Å². The second kappa shape index (κ2) is 8.56. The Hall–Kier alpha value is -1.69. The van der Waals surface area contributed by atoms with Gasteiger partial charge in [0.1, 0.15) is 0 Å². The van der Waals surface area contributed by atoms with Crippen molar-refractivity contribution in [1.29, 1.82) is 0 Å². The quantitative estimate of drug-likeness (QED) is 0.711. The zero-order valence-corrected chi connectivity index (χ0v) is 12.8. The Morgan fingerprint density at radius 1 is 1.19 bits per heavy atom. The molecular weight excluding hydrogens is 264 g/mol. The van der Waals surface area contributed by atoms with Crippen molar-refractivity contribution in [2.45, 2.75) is 6.54 Å². The van der Waals surface area contributed by atoms with E-state index in [1.807, 2.05) is 16.9 Å². The largest absolute Gasteiger partial charge is 0.379 e. The molecule has 1 heterocycles. The van der Waals surface area contributed by atoms with E-state index in [9.17, 15) is 0 Å². The Bertz CT molecular complexity index is 494. The minimum absolute atomic E-state index is 0.749. The summed E-state index contributed by atoms with van der Waals surface area (Å²) in [7, 11) is 4.10. The molecule has 0 aliphatic heterocycles. The monoisotopic (exact) mass is 288 g/mol. The summed E-state index contributed by atoms with van der Waals surface area (Å²) in [6.45, 7) is 4.23. The molecule has 0 aliphatic rings. The Morgan fingerprint density at radius 3 is 2.67 bits per heavy atom. The molecule has 1 aromatic carbocycles. The van der Waals surface area contributed by atoms with Crippen LogP contribution in [0.5, 0.6) is 0 Å². The van der Waals surface area contributed by atoms with Gasteiger partial charge in [-0.25, -0.2) is 4.68 Å². The van der Waals surface area contributed by atoms with Gasteiger partial charge in [-0.05, 0) is 37.9 Å². The number of nitrogens with one attached hydrogen (secondary N) is 1. The second-order valence-electron chi connectivity index (χ2n) is 5.21. The molecule has 1 aromatic heterocycles. The minimum atomic E-state index is 0.749. The summed E-state index contributed by atoms with van der Waals surface area (Å²) in [6, 6.07) is 10.3. The van der Waals surface area contributed by atoms with Crippen LogP contribution in [0.25, 0.3) is 5.69 Å². The highest BCUT2D eigenvalue weighted by atomic mass is 16.5. The van der Waals surface area contributed by atoms with Crippen molar-refractivity contribution >= 4 is 0 Å².